The van der Waals surface area contributed by atoms with Crippen LogP contribution in [-0.4, -0.2) is 67.5 Å². The molecule has 0 bridgehead atoms. The van der Waals surface area contributed by atoms with E-state index in [1.165, 1.54) is 11.1 Å². The number of rotatable bonds is 6. The summed E-state index contributed by atoms with van der Waals surface area (Å²) in [6, 6.07) is 15.7. The lowest BCUT2D eigenvalue weighted by Crippen LogP contribution is -2.60. The Bertz CT molecular complexity index is 838. The van der Waals surface area contributed by atoms with Crippen molar-refractivity contribution in [2.24, 2.45) is 0 Å². The molecular weight excluding hydrogens is 364 g/mol. The van der Waals surface area contributed by atoms with Crippen LogP contribution in [0.3, 0.4) is 0 Å². The molecule has 29 heavy (non-hydrogen) atoms. The number of carbonyl (C=O) groups is 2. The van der Waals surface area contributed by atoms with E-state index < -0.39 is 0 Å². The Morgan fingerprint density at radius 2 is 1.28 bits per heavy atom. The third kappa shape index (κ3) is 6.41. The lowest BCUT2D eigenvalue weighted by Gasteiger charge is -2.41. The van der Waals surface area contributed by atoms with Crippen LogP contribution < -0.4 is 10.6 Å². The summed E-state index contributed by atoms with van der Waals surface area (Å²) in [5.74, 6) is 0.0315. The summed E-state index contributed by atoms with van der Waals surface area (Å²) in [4.78, 5) is 26.9. The van der Waals surface area contributed by atoms with Crippen LogP contribution in [0.1, 0.15) is 11.1 Å². The molecule has 3 rings (SSSR count). The first kappa shape index (κ1) is 21.0. The summed E-state index contributed by atoms with van der Waals surface area (Å²) >= 11 is 0. The SMILES string of the molecule is Cc1ccc(NC(=O)CN2CC[N+](C)(CC(=O)Nc3ccc(C)cc3)CC2)cc1. The number of likely N-dealkylation sites (N-methyl/N-ethyl adjacent to an activating group) is 1. The molecule has 6 heteroatoms. The largest absolute Gasteiger partial charge is 0.325 e. The molecule has 0 radical (unpaired) electrons. The van der Waals surface area contributed by atoms with Gasteiger partial charge in [-0.3, -0.25) is 14.5 Å². The molecule has 1 fully saturated rings. The molecular formula is C23H31N4O2+. The molecule has 0 aliphatic carbocycles. The van der Waals surface area contributed by atoms with Gasteiger partial charge in [-0.1, -0.05) is 35.4 Å². The van der Waals surface area contributed by atoms with Crippen molar-refractivity contribution in [1.29, 1.82) is 0 Å². The fourth-order valence-corrected chi connectivity index (χ4v) is 3.53. The number of quaternary nitrogens is 1. The minimum atomic E-state index is 0.00192. The number of nitrogens with one attached hydrogen (secondary N) is 2. The van der Waals surface area contributed by atoms with Crippen molar-refractivity contribution in [3.8, 4) is 0 Å². The van der Waals surface area contributed by atoms with E-state index in [9.17, 15) is 9.59 Å². The van der Waals surface area contributed by atoms with Gasteiger partial charge in [-0.05, 0) is 38.1 Å². The first-order valence-electron chi connectivity index (χ1n) is 10.1. The molecule has 154 valence electrons. The van der Waals surface area contributed by atoms with E-state index in [4.69, 9.17) is 0 Å². The van der Waals surface area contributed by atoms with Gasteiger partial charge in [0.25, 0.3) is 5.91 Å². The van der Waals surface area contributed by atoms with Crippen LogP contribution in [0.5, 0.6) is 0 Å². The predicted octanol–water partition coefficient (Wildman–Crippen LogP) is 2.64. The number of anilines is 2. The summed E-state index contributed by atoms with van der Waals surface area (Å²) in [5, 5.41) is 5.93. The summed E-state index contributed by atoms with van der Waals surface area (Å²) in [6.07, 6.45) is 0. The van der Waals surface area contributed by atoms with Crippen LogP contribution in [0.15, 0.2) is 48.5 Å². The first-order valence-corrected chi connectivity index (χ1v) is 10.1. The highest BCUT2D eigenvalue weighted by molar-refractivity contribution is 5.92. The molecule has 0 unspecified atom stereocenters. The van der Waals surface area contributed by atoms with Crippen LogP contribution in [0, 0.1) is 13.8 Å². The van der Waals surface area contributed by atoms with E-state index in [2.05, 4.69) is 22.6 Å². The van der Waals surface area contributed by atoms with Gasteiger partial charge in [0.05, 0.1) is 26.7 Å². The Morgan fingerprint density at radius 3 is 1.76 bits per heavy atom. The fourth-order valence-electron chi connectivity index (χ4n) is 3.53. The maximum absolute atomic E-state index is 12.5. The van der Waals surface area contributed by atoms with Gasteiger partial charge in [-0.2, -0.15) is 0 Å². The maximum Gasteiger partial charge on any atom is 0.279 e. The highest BCUT2D eigenvalue weighted by Gasteiger charge is 2.31. The second-order valence-corrected chi connectivity index (χ2v) is 8.33. The molecule has 0 atom stereocenters. The molecule has 1 saturated heterocycles. The summed E-state index contributed by atoms with van der Waals surface area (Å²) in [6.45, 7) is 8.16. The van der Waals surface area contributed by atoms with Gasteiger partial charge in [0, 0.05) is 24.5 Å². The number of amides is 2. The summed E-state index contributed by atoms with van der Waals surface area (Å²) in [5.41, 5.74) is 4.00. The van der Waals surface area contributed by atoms with Crippen molar-refractivity contribution in [2.75, 3.05) is 56.9 Å². The zero-order chi connectivity index (χ0) is 20.9. The Morgan fingerprint density at radius 1 is 0.828 bits per heavy atom. The van der Waals surface area contributed by atoms with Gasteiger partial charge < -0.3 is 15.1 Å². The topological polar surface area (TPSA) is 61.4 Å². The van der Waals surface area contributed by atoms with Crippen LogP contribution in [-0.2, 0) is 9.59 Å². The van der Waals surface area contributed by atoms with Crippen molar-refractivity contribution in [1.82, 2.24) is 4.90 Å². The molecule has 1 aliphatic heterocycles. The maximum atomic E-state index is 12.5. The second-order valence-electron chi connectivity index (χ2n) is 8.33. The first-order chi connectivity index (χ1) is 13.8. The molecule has 0 spiro atoms. The van der Waals surface area contributed by atoms with E-state index in [-0.39, 0.29) is 11.8 Å². The van der Waals surface area contributed by atoms with Crippen LogP contribution in [0.4, 0.5) is 11.4 Å². The van der Waals surface area contributed by atoms with E-state index >= 15 is 0 Å². The number of carbonyl (C=O) groups excluding carboxylic acids is 2. The molecule has 2 amide bonds. The lowest BCUT2D eigenvalue weighted by atomic mass is 10.2. The summed E-state index contributed by atoms with van der Waals surface area (Å²) in [7, 11) is 2.11. The normalized spacial score (nSPS) is 16.2. The molecule has 0 saturated carbocycles. The van der Waals surface area contributed by atoms with Crippen molar-refractivity contribution in [3.05, 3.63) is 59.7 Å². The van der Waals surface area contributed by atoms with Crippen LogP contribution in [0.2, 0.25) is 0 Å². The van der Waals surface area contributed by atoms with Gasteiger partial charge in [-0.25, -0.2) is 0 Å². The average Bonchev–Trinajstić information content (AvgIpc) is 2.67. The van der Waals surface area contributed by atoms with Gasteiger partial charge in [0.2, 0.25) is 5.91 Å². The Hall–Kier alpha value is -2.70. The van der Waals surface area contributed by atoms with Crippen molar-refractivity contribution < 1.29 is 14.1 Å². The van der Waals surface area contributed by atoms with E-state index in [1.807, 2.05) is 62.4 Å². The number of nitrogens with zero attached hydrogens (tertiary/aromatic N) is 2. The molecule has 2 aromatic rings. The van der Waals surface area contributed by atoms with Gasteiger partial charge >= 0.3 is 0 Å². The quantitative estimate of drug-likeness (QED) is 0.740. The lowest BCUT2D eigenvalue weighted by molar-refractivity contribution is -0.905. The fraction of sp³-hybridized carbons (Fsp3) is 0.391. The Balaban J connectivity index is 1.43. The molecule has 2 N–H and O–H groups in total. The third-order valence-electron chi connectivity index (χ3n) is 5.48. The number of aryl methyl sites for hydroxylation is 2. The zero-order valence-corrected chi connectivity index (χ0v) is 17.6. The predicted molar refractivity (Wildman–Crippen MR) is 117 cm³/mol. The van der Waals surface area contributed by atoms with E-state index in [0.29, 0.717) is 17.6 Å². The molecule has 0 aromatic heterocycles. The molecule has 1 heterocycles. The van der Waals surface area contributed by atoms with Crippen molar-refractivity contribution in [2.45, 2.75) is 13.8 Å². The molecule has 6 nitrogen and oxygen atoms in total. The van der Waals surface area contributed by atoms with Crippen LogP contribution in [0.25, 0.3) is 0 Å². The van der Waals surface area contributed by atoms with E-state index in [0.717, 1.165) is 37.6 Å². The van der Waals surface area contributed by atoms with Gasteiger partial charge in [0.1, 0.15) is 0 Å². The van der Waals surface area contributed by atoms with E-state index in [1.54, 1.807) is 0 Å². The Labute approximate surface area is 173 Å². The monoisotopic (exact) mass is 395 g/mol. The van der Waals surface area contributed by atoms with Gasteiger partial charge in [0.15, 0.2) is 6.54 Å². The summed E-state index contributed by atoms with van der Waals surface area (Å²) < 4.78 is 0.688. The Kier molecular flexibility index (Phi) is 6.67. The molecule has 1 aliphatic rings. The minimum absolute atomic E-state index is 0.00192. The number of benzene rings is 2. The number of piperazine rings is 1. The highest BCUT2D eigenvalue weighted by Crippen LogP contribution is 2.13. The van der Waals surface area contributed by atoms with Crippen LogP contribution >= 0.6 is 0 Å². The highest BCUT2D eigenvalue weighted by atomic mass is 16.2. The zero-order valence-electron chi connectivity index (χ0n) is 17.6. The molecule has 2 aromatic carbocycles. The smallest absolute Gasteiger partial charge is 0.279 e. The number of hydrogen-bond donors (Lipinski definition) is 2. The second kappa shape index (κ2) is 9.20. The number of hydrogen-bond acceptors (Lipinski definition) is 3. The van der Waals surface area contributed by atoms with Crippen molar-refractivity contribution >= 4 is 23.2 Å². The van der Waals surface area contributed by atoms with Crippen molar-refractivity contribution in [3.63, 3.8) is 0 Å². The standard InChI is InChI=1S/C23H30N4O2/c1-18-4-8-20(9-5-18)24-22(28)16-26-12-14-27(3,15-13-26)17-23(29)25-21-10-6-19(2)7-11-21/h4-11H,12-17H2,1-3H3,(H-,24,25,28,29)/p+1. The third-order valence-corrected chi connectivity index (χ3v) is 5.48. The average molecular weight is 396 g/mol. The minimum Gasteiger partial charge on any atom is -0.325 e. The van der Waals surface area contributed by atoms with Gasteiger partial charge in [-0.15, -0.1) is 0 Å².